The second-order valence-corrected chi connectivity index (χ2v) is 13.5. The van der Waals surface area contributed by atoms with Crippen LogP contribution in [0.5, 0.6) is 0 Å². The fourth-order valence-corrected chi connectivity index (χ4v) is 7.22. The van der Waals surface area contributed by atoms with Crippen LogP contribution in [0.1, 0.15) is 48.0 Å². The molecule has 3 amide bonds. The standard InChI is InChI=1S/C38H36N6O7S/c1-24-32(23-52-37-40-41-42-44(37)30-10-6-3-7-11-30)50-36(51-34(24)27-14-12-25(21-45)13-15-27)28-16-18-29(19-17-28)43-33(46)20-31(35(43)47)39-38(48)49-22-26-8-4-2-5-9-26/h2-19,24,31-32,34,36,45H,20-23H2,1H3,(H,39,48)/t24-,31?,32+,34+,36+/m0/s1. The number of anilines is 1. The van der Waals surface area contributed by atoms with Crippen LogP contribution in [-0.4, -0.2) is 61.1 Å². The number of carbonyl (C=O) groups is 3. The Morgan fingerprint density at radius 1 is 0.885 bits per heavy atom. The number of thioether (sulfide) groups is 1. The lowest BCUT2D eigenvalue weighted by Gasteiger charge is -2.41. The van der Waals surface area contributed by atoms with Crippen molar-refractivity contribution in [2.24, 2.45) is 5.92 Å². The number of nitrogens with one attached hydrogen (secondary N) is 1. The number of aromatic nitrogens is 4. The molecule has 13 nitrogen and oxygen atoms in total. The van der Waals surface area contributed by atoms with Gasteiger partial charge in [0.25, 0.3) is 5.91 Å². The van der Waals surface area contributed by atoms with Gasteiger partial charge >= 0.3 is 6.09 Å². The largest absolute Gasteiger partial charge is 0.445 e. The highest BCUT2D eigenvalue weighted by Gasteiger charge is 2.42. The highest BCUT2D eigenvalue weighted by Crippen LogP contribution is 2.43. The third kappa shape index (κ3) is 7.75. The van der Waals surface area contributed by atoms with Gasteiger partial charge in [0.05, 0.1) is 36.6 Å². The van der Waals surface area contributed by atoms with Crippen LogP contribution in [0.15, 0.2) is 114 Å². The van der Waals surface area contributed by atoms with E-state index in [2.05, 4.69) is 27.8 Å². The number of rotatable bonds is 11. The number of nitrogens with zero attached hydrogens (tertiary/aromatic N) is 5. The normalized spacial score (nSPS) is 21.7. The van der Waals surface area contributed by atoms with Crippen molar-refractivity contribution >= 4 is 35.4 Å². The van der Waals surface area contributed by atoms with Crippen molar-refractivity contribution in [1.82, 2.24) is 25.5 Å². The maximum Gasteiger partial charge on any atom is 0.408 e. The molecule has 0 bridgehead atoms. The molecule has 4 aromatic carbocycles. The minimum atomic E-state index is -1.04. The molecule has 1 unspecified atom stereocenters. The second kappa shape index (κ2) is 15.9. The lowest BCUT2D eigenvalue weighted by atomic mass is 9.91. The molecule has 5 aromatic rings. The number of ether oxygens (including phenoxy) is 3. The molecule has 2 aliphatic heterocycles. The summed E-state index contributed by atoms with van der Waals surface area (Å²) in [5.74, 6) is -0.537. The average molecular weight is 721 g/mol. The van der Waals surface area contributed by atoms with E-state index in [0.717, 1.165) is 27.3 Å². The molecule has 2 saturated heterocycles. The van der Waals surface area contributed by atoms with Crippen LogP contribution in [0.3, 0.4) is 0 Å². The highest BCUT2D eigenvalue weighted by atomic mass is 32.2. The molecule has 5 atom stereocenters. The van der Waals surface area contributed by atoms with E-state index in [4.69, 9.17) is 14.2 Å². The molecule has 52 heavy (non-hydrogen) atoms. The van der Waals surface area contributed by atoms with Crippen molar-refractivity contribution in [2.75, 3.05) is 10.7 Å². The summed E-state index contributed by atoms with van der Waals surface area (Å²) < 4.78 is 20.1. The fraction of sp³-hybridized carbons (Fsp3) is 0.263. The summed E-state index contributed by atoms with van der Waals surface area (Å²) in [5.41, 5.74) is 4.43. The Hall–Kier alpha value is -5.41. The van der Waals surface area contributed by atoms with E-state index in [1.165, 1.54) is 11.8 Å². The zero-order valence-corrected chi connectivity index (χ0v) is 29.0. The lowest BCUT2D eigenvalue weighted by Crippen LogP contribution is -2.42. The van der Waals surface area contributed by atoms with Crippen molar-refractivity contribution in [1.29, 1.82) is 0 Å². The first-order chi connectivity index (χ1) is 25.4. The number of hydrogen-bond acceptors (Lipinski definition) is 11. The Morgan fingerprint density at radius 3 is 2.29 bits per heavy atom. The first-order valence-corrected chi connectivity index (χ1v) is 17.8. The summed E-state index contributed by atoms with van der Waals surface area (Å²) in [6.07, 6.45) is -2.38. The van der Waals surface area contributed by atoms with Crippen LogP contribution >= 0.6 is 11.8 Å². The number of carbonyl (C=O) groups excluding carboxylic acids is 3. The number of alkyl carbamates (subject to hydrolysis) is 1. The minimum absolute atomic E-state index is 0.0394. The zero-order valence-electron chi connectivity index (χ0n) is 28.1. The fourth-order valence-electron chi connectivity index (χ4n) is 6.17. The smallest absolute Gasteiger partial charge is 0.408 e. The molecular weight excluding hydrogens is 685 g/mol. The van der Waals surface area contributed by atoms with Crippen LogP contribution in [-0.2, 0) is 37.0 Å². The van der Waals surface area contributed by atoms with Gasteiger partial charge in [-0.25, -0.2) is 9.69 Å². The Bertz CT molecular complexity index is 2000. The van der Waals surface area contributed by atoms with Gasteiger partial charge in [-0.2, -0.15) is 4.68 Å². The van der Waals surface area contributed by atoms with Gasteiger partial charge < -0.3 is 24.6 Å². The molecule has 0 aliphatic carbocycles. The molecule has 2 N–H and O–H groups in total. The SMILES string of the molecule is C[C@H]1[C@@H](CSc2nnnn2-c2ccccc2)O[C@@H](c2ccc(N3C(=O)CC(NC(=O)OCc4ccccc4)C3=O)cc2)O[C@H]1c1ccc(CO)cc1. The number of para-hydroxylation sites is 1. The molecule has 0 saturated carbocycles. The van der Waals surface area contributed by atoms with Gasteiger partial charge in [0.2, 0.25) is 11.1 Å². The summed E-state index contributed by atoms with van der Waals surface area (Å²) in [4.78, 5) is 39.7. The topological polar surface area (TPSA) is 158 Å². The Balaban J connectivity index is 1.05. The number of amides is 3. The van der Waals surface area contributed by atoms with Crippen molar-refractivity contribution in [3.63, 3.8) is 0 Å². The minimum Gasteiger partial charge on any atom is -0.445 e. The summed E-state index contributed by atoms with van der Waals surface area (Å²) in [6.45, 7) is 2.05. The Kier molecular flexibility index (Phi) is 10.7. The predicted molar refractivity (Wildman–Crippen MR) is 190 cm³/mol. The molecule has 2 aliphatic rings. The molecule has 3 heterocycles. The maximum absolute atomic E-state index is 13.3. The summed E-state index contributed by atoms with van der Waals surface area (Å²) in [6, 6.07) is 32.3. The van der Waals surface area contributed by atoms with Gasteiger partial charge in [-0.3, -0.25) is 9.59 Å². The molecule has 2 fully saturated rings. The van der Waals surface area contributed by atoms with Crippen molar-refractivity contribution in [2.45, 2.75) is 56.3 Å². The zero-order chi connectivity index (χ0) is 36.0. The summed E-state index contributed by atoms with van der Waals surface area (Å²) in [5, 5.41) is 25.0. The maximum atomic E-state index is 13.3. The van der Waals surface area contributed by atoms with Gasteiger partial charge in [-0.1, -0.05) is 104 Å². The quantitative estimate of drug-likeness (QED) is 0.135. The van der Waals surface area contributed by atoms with E-state index in [0.29, 0.717) is 22.2 Å². The van der Waals surface area contributed by atoms with E-state index in [9.17, 15) is 19.5 Å². The highest BCUT2D eigenvalue weighted by molar-refractivity contribution is 7.99. The summed E-state index contributed by atoms with van der Waals surface area (Å²) >= 11 is 1.48. The summed E-state index contributed by atoms with van der Waals surface area (Å²) in [7, 11) is 0. The average Bonchev–Trinajstić information content (AvgIpc) is 3.77. The van der Waals surface area contributed by atoms with E-state index in [1.807, 2.05) is 84.9 Å². The predicted octanol–water partition coefficient (Wildman–Crippen LogP) is 5.30. The lowest BCUT2D eigenvalue weighted by molar-refractivity contribution is -0.268. The van der Waals surface area contributed by atoms with Crippen LogP contribution < -0.4 is 10.2 Å². The number of benzene rings is 4. The van der Waals surface area contributed by atoms with Crippen LogP contribution in [0, 0.1) is 5.92 Å². The third-order valence-corrected chi connectivity index (χ3v) is 10.0. The van der Waals surface area contributed by atoms with Gasteiger partial charge in [-0.05, 0) is 51.4 Å². The number of imide groups is 1. The molecule has 7 rings (SSSR count). The first kappa shape index (κ1) is 35.0. The van der Waals surface area contributed by atoms with Crippen LogP contribution in [0.25, 0.3) is 5.69 Å². The van der Waals surface area contributed by atoms with Crippen molar-refractivity contribution in [3.8, 4) is 5.69 Å². The second-order valence-electron chi connectivity index (χ2n) is 12.5. The molecule has 1 aromatic heterocycles. The van der Waals surface area contributed by atoms with Crippen molar-refractivity contribution in [3.05, 3.63) is 131 Å². The molecule has 14 heteroatoms. The number of hydrogen-bond donors (Lipinski definition) is 2. The molecule has 0 spiro atoms. The molecule has 0 radical (unpaired) electrons. The number of aliphatic hydroxyl groups is 1. The van der Waals surface area contributed by atoms with E-state index < -0.39 is 30.2 Å². The van der Waals surface area contributed by atoms with E-state index in [1.54, 1.807) is 28.9 Å². The van der Waals surface area contributed by atoms with Crippen LogP contribution in [0.4, 0.5) is 10.5 Å². The van der Waals surface area contributed by atoms with Gasteiger partial charge in [0.1, 0.15) is 12.6 Å². The van der Waals surface area contributed by atoms with Gasteiger partial charge in [0, 0.05) is 17.2 Å². The van der Waals surface area contributed by atoms with E-state index in [-0.39, 0.29) is 37.8 Å². The Labute approximate surface area is 303 Å². The van der Waals surface area contributed by atoms with Gasteiger partial charge in [0.15, 0.2) is 6.29 Å². The Morgan fingerprint density at radius 2 is 1.58 bits per heavy atom. The monoisotopic (exact) mass is 720 g/mol. The third-order valence-electron chi connectivity index (χ3n) is 9.02. The van der Waals surface area contributed by atoms with E-state index >= 15 is 0 Å². The number of tetrazole rings is 1. The molecule has 266 valence electrons. The van der Waals surface area contributed by atoms with Gasteiger partial charge in [-0.15, -0.1) is 5.10 Å². The van der Waals surface area contributed by atoms with Crippen molar-refractivity contribution < 1.29 is 33.7 Å². The molecular formula is C38H36N6O7S. The first-order valence-electron chi connectivity index (χ1n) is 16.8. The van der Waals surface area contributed by atoms with Crippen LogP contribution in [0.2, 0.25) is 0 Å². The number of aliphatic hydroxyl groups excluding tert-OH is 1.